The van der Waals surface area contributed by atoms with Crippen LogP contribution in [0.5, 0.6) is 0 Å². The normalized spacial score (nSPS) is 49.3. The first kappa shape index (κ1) is 68.8. The highest BCUT2D eigenvalue weighted by Crippen LogP contribution is 2.71. The molecule has 0 amide bonds. The zero-order chi connectivity index (χ0) is 64.3. The molecular formula is C64H96O25. The second-order valence-electron chi connectivity index (χ2n) is 26.6. The Morgan fingerprint density at radius 2 is 1.16 bits per heavy atom. The minimum absolute atomic E-state index is 0.0602. The van der Waals surface area contributed by atoms with Crippen LogP contribution in [-0.4, -0.2) is 252 Å². The number of benzene rings is 1. The Bertz CT molecular complexity index is 2630. The predicted octanol–water partition coefficient (Wildman–Crippen LogP) is 2.03. The molecule has 3 saturated carbocycles. The smallest absolute Gasteiger partial charge is 0.331 e. The molecule has 0 aromatic heterocycles. The number of carbonyl (C=O) groups is 2. The number of fused-ring (bicyclic) bond motifs is 5. The van der Waals surface area contributed by atoms with Crippen molar-refractivity contribution in [2.75, 3.05) is 35.0 Å². The summed E-state index contributed by atoms with van der Waals surface area (Å²) in [5.41, 5.74) is -6.41. The molecule has 1 aromatic carbocycles. The Hall–Kier alpha value is -3.04. The number of hydrogen-bond acceptors (Lipinski definition) is 25. The van der Waals surface area contributed by atoms with Crippen molar-refractivity contribution in [3.8, 4) is 0 Å². The zero-order valence-corrected chi connectivity index (χ0v) is 52.8. The third kappa shape index (κ3) is 12.5. The summed E-state index contributed by atoms with van der Waals surface area (Å²) in [6.45, 7) is 11.5. The van der Waals surface area contributed by atoms with Gasteiger partial charge in [0, 0.05) is 59.7 Å². The van der Waals surface area contributed by atoms with Crippen LogP contribution in [0.15, 0.2) is 48.1 Å². The monoisotopic (exact) mass is 1260 g/mol. The molecule has 502 valence electrons. The van der Waals surface area contributed by atoms with E-state index in [-0.39, 0.29) is 38.2 Å². The van der Waals surface area contributed by atoms with E-state index in [0.717, 1.165) is 11.1 Å². The van der Waals surface area contributed by atoms with Gasteiger partial charge in [-0.15, -0.1) is 0 Å². The van der Waals surface area contributed by atoms with Crippen LogP contribution in [0.2, 0.25) is 0 Å². The van der Waals surface area contributed by atoms with Crippen molar-refractivity contribution in [1.29, 1.82) is 0 Å². The van der Waals surface area contributed by atoms with E-state index in [2.05, 4.69) is 6.92 Å². The number of ether oxygens (including phenoxy) is 15. The van der Waals surface area contributed by atoms with E-state index in [1.54, 1.807) is 41.1 Å². The van der Waals surface area contributed by atoms with Crippen LogP contribution in [0.4, 0.5) is 0 Å². The van der Waals surface area contributed by atoms with Gasteiger partial charge in [0.25, 0.3) is 0 Å². The third-order valence-corrected chi connectivity index (χ3v) is 21.8. The molecule has 8 N–H and O–H groups in total. The van der Waals surface area contributed by atoms with E-state index in [1.807, 2.05) is 50.3 Å². The molecule has 5 saturated heterocycles. The lowest BCUT2D eigenvalue weighted by atomic mass is 9.42. The van der Waals surface area contributed by atoms with Gasteiger partial charge < -0.3 is 112 Å². The molecule has 30 atom stereocenters. The molecule has 1 unspecified atom stereocenters. The fourth-order valence-corrected chi connectivity index (χ4v) is 16.5. The minimum atomic E-state index is -2.07. The number of aliphatic hydroxyl groups excluding tert-OH is 5. The minimum Gasteiger partial charge on any atom is -0.458 e. The molecule has 0 spiro atoms. The first-order chi connectivity index (χ1) is 42.2. The first-order valence-corrected chi connectivity index (χ1v) is 31.5. The molecule has 5 heterocycles. The highest BCUT2D eigenvalue weighted by atomic mass is 16.8. The van der Waals surface area contributed by atoms with Crippen molar-refractivity contribution in [2.24, 2.45) is 16.7 Å². The second kappa shape index (κ2) is 27.4. The largest absolute Gasteiger partial charge is 0.458 e. The highest BCUT2D eigenvalue weighted by Gasteiger charge is 2.81. The number of esters is 1. The number of hydrogen-bond donors (Lipinski definition) is 8. The van der Waals surface area contributed by atoms with E-state index in [1.165, 1.54) is 27.2 Å². The molecule has 9 aliphatic rings. The average Bonchev–Trinajstić information content (AvgIpc) is 1.61. The summed E-state index contributed by atoms with van der Waals surface area (Å²) in [7, 11) is 6.10. The number of methoxy groups -OCH3 is 4. The van der Waals surface area contributed by atoms with Gasteiger partial charge in [-0.05, 0) is 104 Å². The van der Waals surface area contributed by atoms with E-state index >= 15 is 0 Å². The van der Waals surface area contributed by atoms with Crippen molar-refractivity contribution >= 4 is 17.8 Å². The Morgan fingerprint density at radius 3 is 1.71 bits per heavy atom. The Balaban J connectivity index is 0.728. The van der Waals surface area contributed by atoms with Gasteiger partial charge in [0.15, 0.2) is 37.2 Å². The van der Waals surface area contributed by atoms with Gasteiger partial charge in [0.05, 0.1) is 60.9 Å². The molecule has 5 aliphatic heterocycles. The van der Waals surface area contributed by atoms with Crippen LogP contribution in [0.1, 0.15) is 118 Å². The van der Waals surface area contributed by atoms with Crippen LogP contribution in [0.25, 0.3) is 6.08 Å². The van der Waals surface area contributed by atoms with Crippen LogP contribution < -0.4 is 0 Å². The maximum atomic E-state index is 13.7. The number of ketones is 1. The van der Waals surface area contributed by atoms with Crippen molar-refractivity contribution in [3.63, 3.8) is 0 Å². The van der Waals surface area contributed by atoms with Crippen LogP contribution in [-0.2, 0) is 80.6 Å². The van der Waals surface area contributed by atoms with Crippen molar-refractivity contribution < 1.29 is 121 Å². The summed E-state index contributed by atoms with van der Waals surface area (Å²) in [4.78, 5) is 27.0. The van der Waals surface area contributed by atoms with Gasteiger partial charge in [-0.1, -0.05) is 48.9 Å². The number of Topliss-reactive ketones (excluding diaryl/α,β-unsaturated/α-hetero) is 1. The van der Waals surface area contributed by atoms with E-state index in [0.29, 0.717) is 32.1 Å². The standard InChI is InChI=1S/C64H96O25/c1-31-53(86-47-27-40(76-9)54(32(2)80-47)87-48-28-41(77-10)55(33(3)81-48)88-59-52(71)57(78-11)56(34(4)82-59)89-58-51(70)50(69)49(68)42(30-65)84-58)39(75-8)26-46(79-31)83-38-20-21-60(6)37(25-38)19-22-63(73)43(60)29-44(85-45(67)18-17-36-15-13-12-14-16-36)61(7)62(72,35(5)66)23-24-64(61,63)74/h12-19,31-34,38-44,46-59,65,68-74H,20-30H2,1-11H3/b18-17+/t31-,32-,33-,34-,38+,39+,40-,41-,42-,43-,44?,46+,47+,48+,49-,50+,51-,52-,53-,54-,55-,56-,57+,58+,59+,60+,61-,62+,63+,64-/m1/s1. The van der Waals surface area contributed by atoms with Gasteiger partial charge in [0.2, 0.25) is 0 Å². The zero-order valence-electron chi connectivity index (χ0n) is 52.8. The molecule has 25 nitrogen and oxygen atoms in total. The number of rotatable bonds is 19. The quantitative estimate of drug-likeness (QED) is 0.0558. The Labute approximate surface area is 520 Å². The van der Waals surface area contributed by atoms with Gasteiger partial charge in [-0.2, -0.15) is 0 Å². The lowest BCUT2D eigenvalue weighted by Gasteiger charge is -2.67. The molecule has 0 radical (unpaired) electrons. The molecule has 89 heavy (non-hydrogen) atoms. The van der Waals surface area contributed by atoms with Gasteiger partial charge >= 0.3 is 5.97 Å². The summed E-state index contributed by atoms with van der Waals surface area (Å²) in [5.74, 6) is -1.86. The summed E-state index contributed by atoms with van der Waals surface area (Å²) < 4.78 is 93.6. The lowest BCUT2D eigenvalue weighted by Crippen LogP contribution is -2.78. The van der Waals surface area contributed by atoms with Gasteiger partial charge in [0.1, 0.15) is 83.9 Å². The van der Waals surface area contributed by atoms with Crippen LogP contribution in [0, 0.1) is 16.7 Å². The second-order valence-corrected chi connectivity index (χ2v) is 26.6. The van der Waals surface area contributed by atoms with Gasteiger partial charge in [-0.3, -0.25) is 4.79 Å². The Kier molecular flexibility index (Phi) is 21.2. The molecule has 0 bridgehead atoms. The Morgan fingerprint density at radius 1 is 0.618 bits per heavy atom. The van der Waals surface area contributed by atoms with Crippen molar-refractivity contribution in [2.45, 2.75) is 277 Å². The van der Waals surface area contributed by atoms with E-state index in [9.17, 15) is 50.4 Å². The third-order valence-electron chi connectivity index (χ3n) is 21.8. The SMILES string of the molecule is CO[C@H]1[C@@H](O)[C@H](O[C@@H]2[C@@H](C)O[C@@H](O[C@@H]3[C@@H](C)O[C@@H](O[C@H]4[C@@H](OC)C[C@H](O[C@H]5CC[C@@]6(C)C(=CC[C@]7(O)[C@@H]6CC(OC(=O)/C=C/c6ccccc6)[C@@]6(C)[C@]7(O)CC[C@]6(O)C(C)=O)C5)O[C@@H]4C)C[C@H]3OC)C[C@H]2OC)O[C@H](C)[C@H]1O[C@@H]1O[C@H](CO)[C@@H](O)[C@H](O)[C@H]1O. The average molecular weight is 1270 g/mol. The van der Waals surface area contributed by atoms with Crippen molar-refractivity contribution in [1.82, 2.24) is 0 Å². The molecule has 10 rings (SSSR count). The maximum absolute atomic E-state index is 13.7. The molecule has 1 aromatic rings. The summed E-state index contributed by atoms with van der Waals surface area (Å²) in [6, 6.07) is 9.25. The number of carbonyl (C=O) groups excluding carboxylic acids is 2. The molecule has 8 fully saturated rings. The van der Waals surface area contributed by atoms with Crippen LogP contribution >= 0.6 is 0 Å². The number of aliphatic hydroxyl groups is 8. The first-order valence-electron chi connectivity index (χ1n) is 31.5. The predicted molar refractivity (Wildman–Crippen MR) is 310 cm³/mol. The molecular weight excluding hydrogens is 1170 g/mol. The molecule has 4 aliphatic carbocycles. The summed E-state index contributed by atoms with van der Waals surface area (Å²) in [6.07, 6.45) is -14.7. The van der Waals surface area contributed by atoms with Gasteiger partial charge in [-0.25, -0.2) is 4.79 Å². The topological polar surface area (TPSA) is 334 Å². The summed E-state index contributed by atoms with van der Waals surface area (Å²) in [5, 5.41) is 90.7. The summed E-state index contributed by atoms with van der Waals surface area (Å²) >= 11 is 0. The van der Waals surface area contributed by atoms with E-state index in [4.69, 9.17) is 71.1 Å². The van der Waals surface area contributed by atoms with E-state index < -0.39 is 193 Å². The molecule has 25 heteroatoms. The van der Waals surface area contributed by atoms with Crippen LogP contribution in [0.3, 0.4) is 0 Å². The highest BCUT2D eigenvalue weighted by molar-refractivity contribution is 5.89. The van der Waals surface area contributed by atoms with Crippen molar-refractivity contribution in [3.05, 3.63) is 53.6 Å². The maximum Gasteiger partial charge on any atom is 0.331 e. The lowest BCUT2D eigenvalue weighted by molar-refractivity contribution is -0.374. The fraction of sp³-hybridized carbons (Fsp3) is 0.812. The fourth-order valence-electron chi connectivity index (χ4n) is 16.5.